The molecule has 0 aliphatic carbocycles. The highest BCUT2D eigenvalue weighted by Crippen LogP contribution is 2.55. The fourth-order valence-corrected chi connectivity index (χ4v) is 7.24. The first-order valence-corrected chi connectivity index (χ1v) is 10.7. The number of rotatable bonds is 5. The summed E-state index contributed by atoms with van der Waals surface area (Å²) in [6.45, 7) is 10.5. The van der Waals surface area contributed by atoms with Crippen molar-refractivity contribution in [1.82, 2.24) is 0 Å². The molecule has 0 aromatic heterocycles. The van der Waals surface area contributed by atoms with Crippen LogP contribution >= 0.6 is 7.26 Å². The normalized spacial score (nSPS) is 11.3. The van der Waals surface area contributed by atoms with Crippen LogP contribution in [0.4, 0.5) is 0 Å². The van der Waals surface area contributed by atoms with E-state index < -0.39 is 7.26 Å². The zero-order chi connectivity index (χ0) is 17.9. The van der Waals surface area contributed by atoms with Crippen LogP contribution in [0, 0.1) is 20.8 Å². The van der Waals surface area contributed by atoms with Gasteiger partial charge in [-0.2, -0.15) is 0 Å². The zero-order valence-electron chi connectivity index (χ0n) is 15.4. The maximum atomic E-state index is 4.10. The van der Waals surface area contributed by atoms with E-state index >= 15 is 0 Å². The molecule has 0 unspecified atom stereocenters. The zero-order valence-corrected chi connectivity index (χ0v) is 16.3. The largest absolute Gasteiger partial charge is 0.115 e. The Morgan fingerprint density at radius 3 is 1.12 bits per heavy atom. The molecular formula is C24H26P+. The minimum Gasteiger partial charge on any atom is -0.0995 e. The lowest BCUT2D eigenvalue weighted by Gasteiger charge is -2.27. The number of hydrogen-bond acceptors (Lipinski definition) is 0. The van der Waals surface area contributed by atoms with Crippen LogP contribution in [-0.2, 0) is 0 Å². The van der Waals surface area contributed by atoms with Gasteiger partial charge in [-0.3, -0.25) is 0 Å². The van der Waals surface area contributed by atoms with Gasteiger partial charge in [0.25, 0.3) is 0 Å². The molecule has 0 heterocycles. The van der Waals surface area contributed by atoms with E-state index in [9.17, 15) is 0 Å². The van der Waals surface area contributed by atoms with Crippen molar-refractivity contribution < 1.29 is 0 Å². The molecule has 3 aromatic carbocycles. The van der Waals surface area contributed by atoms with Gasteiger partial charge in [0.1, 0.15) is 23.2 Å². The van der Waals surface area contributed by atoms with Crippen LogP contribution in [0.5, 0.6) is 0 Å². The molecule has 0 fully saturated rings. The van der Waals surface area contributed by atoms with E-state index in [1.165, 1.54) is 32.6 Å². The average molecular weight is 345 g/mol. The predicted molar refractivity (Wildman–Crippen MR) is 114 cm³/mol. The van der Waals surface area contributed by atoms with Crippen molar-refractivity contribution >= 4 is 23.2 Å². The lowest BCUT2D eigenvalue weighted by Crippen LogP contribution is -2.33. The van der Waals surface area contributed by atoms with E-state index in [2.05, 4.69) is 106 Å². The lowest BCUT2D eigenvalue weighted by molar-refractivity contribution is 1.47. The molecule has 0 N–H and O–H groups in total. The first kappa shape index (κ1) is 17.6. The first-order chi connectivity index (χ1) is 12.1. The SMILES string of the molecule is C=CC[P+](c1ccc(C)cc1)(c1ccc(C)cc1)c1ccc(C)cc1. The summed E-state index contributed by atoms with van der Waals surface area (Å²) in [6, 6.07) is 27.3. The molecule has 0 radical (unpaired) electrons. The highest BCUT2D eigenvalue weighted by atomic mass is 31.2. The highest BCUT2D eigenvalue weighted by molar-refractivity contribution is 7.95. The molecule has 0 aliphatic heterocycles. The summed E-state index contributed by atoms with van der Waals surface area (Å²) in [7, 11) is -1.73. The molecule has 0 spiro atoms. The van der Waals surface area contributed by atoms with Gasteiger partial charge >= 0.3 is 0 Å². The Hall–Kier alpha value is -2.17. The van der Waals surface area contributed by atoms with E-state index in [1.807, 2.05) is 0 Å². The fourth-order valence-electron chi connectivity index (χ4n) is 3.35. The summed E-state index contributed by atoms with van der Waals surface area (Å²) >= 11 is 0. The predicted octanol–water partition coefficient (Wildman–Crippen LogP) is 5.09. The van der Waals surface area contributed by atoms with Crippen LogP contribution < -0.4 is 15.9 Å². The molecule has 0 aliphatic rings. The molecule has 0 saturated heterocycles. The third kappa shape index (κ3) is 3.46. The second kappa shape index (κ2) is 7.38. The van der Waals surface area contributed by atoms with Crippen LogP contribution in [0.2, 0.25) is 0 Å². The van der Waals surface area contributed by atoms with Crippen molar-refractivity contribution in [3.63, 3.8) is 0 Å². The quantitative estimate of drug-likeness (QED) is 0.446. The van der Waals surface area contributed by atoms with Crippen molar-refractivity contribution in [3.8, 4) is 0 Å². The maximum Gasteiger partial charge on any atom is 0.115 e. The van der Waals surface area contributed by atoms with Gasteiger partial charge < -0.3 is 0 Å². The molecule has 3 rings (SSSR count). The highest BCUT2D eigenvalue weighted by Gasteiger charge is 2.44. The van der Waals surface area contributed by atoms with Crippen molar-refractivity contribution in [2.24, 2.45) is 0 Å². The van der Waals surface area contributed by atoms with E-state index in [0.717, 1.165) is 6.16 Å². The number of benzene rings is 3. The molecule has 3 aromatic rings. The summed E-state index contributed by atoms with van der Waals surface area (Å²) < 4.78 is 0. The Kier molecular flexibility index (Phi) is 5.21. The molecule has 0 saturated carbocycles. The van der Waals surface area contributed by atoms with E-state index in [0.29, 0.717) is 0 Å². The van der Waals surface area contributed by atoms with Gasteiger partial charge in [0.2, 0.25) is 0 Å². The molecule has 1 heteroatoms. The van der Waals surface area contributed by atoms with Gasteiger partial charge in [-0.1, -0.05) is 65.7 Å². The van der Waals surface area contributed by atoms with E-state index in [-0.39, 0.29) is 0 Å². The molecule has 0 nitrogen and oxygen atoms in total. The summed E-state index contributed by atoms with van der Waals surface area (Å²) in [6.07, 6.45) is 3.07. The summed E-state index contributed by atoms with van der Waals surface area (Å²) in [5.74, 6) is 0. The third-order valence-corrected chi connectivity index (χ3v) is 9.17. The summed E-state index contributed by atoms with van der Waals surface area (Å²) in [5.41, 5.74) is 3.90. The number of hydrogen-bond donors (Lipinski definition) is 0. The van der Waals surface area contributed by atoms with Crippen LogP contribution in [0.1, 0.15) is 16.7 Å². The van der Waals surface area contributed by atoms with E-state index in [1.54, 1.807) is 0 Å². The Morgan fingerprint density at radius 2 is 0.880 bits per heavy atom. The molecular weight excluding hydrogens is 319 g/mol. The monoisotopic (exact) mass is 345 g/mol. The topological polar surface area (TPSA) is 0 Å². The lowest BCUT2D eigenvalue weighted by atomic mass is 10.2. The van der Waals surface area contributed by atoms with Gasteiger partial charge in [0.05, 0.1) is 6.16 Å². The van der Waals surface area contributed by atoms with Crippen molar-refractivity contribution in [3.05, 3.63) is 102 Å². The Labute approximate surface area is 152 Å². The first-order valence-electron chi connectivity index (χ1n) is 8.77. The molecule has 0 bridgehead atoms. The Morgan fingerprint density at radius 1 is 0.600 bits per heavy atom. The minimum absolute atomic E-state index is 0.974. The van der Waals surface area contributed by atoms with Crippen molar-refractivity contribution in [2.45, 2.75) is 20.8 Å². The van der Waals surface area contributed by atoms with Crippen molar-refractivity contribution in [2.75, 3.05) is 6.16 Å². The van der Waals surface area contributed by atoms with E-state index in [4.69, 9.17) is 0 Å². The maximum absolute atomic E-state index is 4.10. The van der Waals surface area contributed by atoms with Crippen LogP contribution in [0.15, 0.2) is 85.5 Å². The molecule has 0 atom stereocenters. The smallest absolute Gasteiger partial charge is 0.0995 e. The van der Waals surface area contributed by atoms with Gasteiger partial charge in [0.15, 0.2) is 0 Å². The minimum atomic E-state index is -1.73. The van der Waals surface area contributed by atoms with Gasteiger partial charge in [0, 0.05) is 0 Å². The van der Waals surface area contributed by atoms with Gasteiger partial charge in [-0.15, -0.1) is 0 Å². The standard InChI is InChI=1S/C24H26P/c1-5-18-25(22-12-6-19(2)7-13-22,23-14-8-20(3)9-15-23)24-16-10-21(4)11-17-24/h5-17H,1,18H2,2-4H3/q+1. The Balaban J connectivity index is 2.30. The second-order valence-corrected chi connectivity index (χ2v) is 10.3. The average Bonchev–Trinajstić information content (AvgIpc) is 2.62. The fraction of sp³-hybridized carbons (Fsp3) is 0.167. The third-order valence-electron chi connectivity index (χ3n) is 4.83. The van der Waals surface area contributed by atoms with Gasteiger partial charge in [-0.25, -0.2) is 0 Å². The summed E-state index contributed by atoms with van der Waals surface area (Å²) in [4.78, 5) is 0. The Bertz CT molecular complexity index is 729. The van der Waals surface area contributed by atoms with Crippen LogP contribution in [-0.4, -0.2) is 6.16 Å². The van der Waals surface area contributed by atoms with Crippen molar-refractivity contribution in [1.29, 1.82) is 0 Å². The van der Waals surface area contributed by atoms with Crippen LogP contribution in [0.3, 0.4) is 0 Å². The van der Waals surface area contributed by atoms with Gasteiger partial charge in [-0.05, 0) is 57.2 Å². The summed E-state index contributed by atoms with van der Waals surface area (Å²) in [5, 5.41) is 4.27. The number of allylic oxidation sites excluding steroid dienone is 1. The second-order valence-electron chi connectivity index (χ2n) is 6.79. The van der Waals surface area contributed by atoms with Crippen LogP contribution in [0.25, 0.3) is 0 Å². The molecule has 0 amide bonds. The molecule has 126 valence electrons. The number of aryl methyl sites for hydroxylation is 3. The molecule has 25 heavy (non-hydrogen) atoms.